The van der Waals surface area contributed by atoms with Crippen LogP contribution in [-0.4, -0.2) is 16.8 Å². The van der Waals surface area contributed by atoms with Crippen molar-refractivity contribution in [3.63, 3.8) is 0 Å². The second-order valence-electron chi connectivity index (χ2n) is 8.02. The summed E-state index contributed by atoms with van der Waals surface area (Å²) in [7, 11) is 0. The topological polar surface area (TPSA) is 20.3 Å². The first-order chi connectivity index (χ1) is 10.5. The first-order valence-corrected chi connectivity index (χ1v) is 9.81. The van der Waals surface area contributed by atoms with Crippen molar-refractivity contribution in [1.82, 2.24) is 4.90 Å². The molecule has 1 amide bonds. The van der Waals surface area contributed by atoms with Crippen molar-refractivity contribution in [1.29, 1.82) is 0 Å². The normalized spacial score (nSPS) is 17.7. The molecule has 0 unspecified atom stereocenters. The summed E-state index contributed by atoms with van der Waals surface area (Å²) < 4.78 is 0. The van der Waals surface area contributed by atoms with Crippen LogP contribution in [-0.2, 0) is 4.79 Å². The largest absolute Gasteiger partial charge is 0.309 e. The summed E-state index contributed by atoms with van der Waals surface area (Å²) in [4.78, 5) is 18.1. The summed E-state index contributed by atoms with van der Waals surface area (Å²) in [6.07, 6.45) is 0. The molecule has 0 fully saturated rings. The van der Waals surface area contributed by atoms with Crippen molar-refractivity contribution in [3.05, 3.63) is 21.1 Å². The maximum absolute atomic E-state index is 13.4. The van der Waals surface area contributed by atoms with Crippen LogP contribution in [0.2, 0.25) is 0 Å². The lowest BCUT2D eigenvalue weighted by Gasteiger charge is -2.34. The quantitative estimate of drug-likeness (QED) is 0.607. The highest BCUT2D eigenvalue weighted by molar-refractivity contribution is 8.06. The maximum atomic E-state index is 13.4. The summed E-state index contributed by atoms with van der Waals surface area (Å²) >= 11 is 1.86. The summed E-state index contributed by atoms with van der Waals surface area (Å²) in [6, 6.07) is 0.175. The molecular weight excluding hydrogens is 302 g/mol. The minimum Gasteiger partial charge on any atom is -0.309 e. The van der Waals surface area contributed by atoms with Gasteiger partial charge in [-0.3, -0.25) is 4.79 Å². The number of nitrogens with zero attached hydrogens (tertiary/aromatic N) is 1. The molecule has 132 valence electrons. The van der Waals surface area contributed by atoms with Gasteiger partial charge in [-0.1, -0.05) is 67.2 Å². The molecule has 0 atom stereocenters. The van der Waals surface area contributed by atoms with Gasteiger partial charge in [0, 0.05) is 27.1 Å². The monoisotopic (exact) mass is 337 g/mol. The first kappa shape index (κ1) is 20.3. The van der Waals surface area contributed by atoms with E-state index in [2.05, 4.69) is 74.1 Å². The number of allylic oxidation sites excluding steroid dienone is 3. The molecule has 0 saturated heterocycles. The molecule has 3 heteroatoms. The Bertz CT molecular complexity index is 510. The van der Waals surface area contributed by atoms with Gasteiger partial charge in [-0.05, 0) is 37.5 Å². The van der Waals surface area contributed by atoms with E-state index in [0.29, 0.717) is 17.8 Å². The van der Waals surface area contributed by atoms with Crippen LogP contribution in [0.5, 0.6) is 0 Å². The van der Waals surface area contributed by atoms with Gasteiger partial charge in [-0.15, -0.1) is 0 Å². The zero-order valence-corrected chi connectivity index (χ0v) is 17.5. The number of carbonyl (C=O) groups excluding carboxylic acids is 1. The minimum atomic E-state index is 0.175. The highest BCUT2D eigenvalue weighted by Gasteiger charge is 2.36. The SMILES string of the molecule is CC(C)C1=C(C(C)C)C(=O)N(C(C)C)C(C(C)C)=C(C(C)C)S1. The van der Waals surface area contributed by atoms with Crippen molar-refractivity contribution in [2.24, 2.45) is 23.7 Å². The van der Waals surface area contributed by atoms with Gasteiger partial charge < -0.3 is 4.90 Å². The minimum absolute atomic E-state index is 0.175. The molecule has 0 aliphatic carbocycles. The Morgan fingerprint density at radius 1 is 0.696 bits per heavy atom. The molecule has 0 spiro atoms. The molecule has 0 bridgehead atoms. The van der Waals surface area contributed by atoms with Gasteiger partial charge in [0.25, 0.3) is 5.91 Å². The van der Waals surface area contributed by atoms with Gasteiger partial charge in [0.15, 0.2) is 0 Å². The zero-order chi connectivity index (χ0) is 18.1. The second kappa shape index (κ2) is 7.92. The van der Waals surface area contributed by atoms with Crippen LogP contribution < -0.4 is 0 Å². The van der Waals surface area contributed by atoms with Crippen molar-refractivity contribution in [2.45, 2.75) is 75.3 Å². The lowest BCUT2D eigenvalue weighted by Crippen LogP contribution is -2.40. The zero-order valence-electron chi connectivity index (χ0n) is 16.7. The third-order valence-corrected chi connectivity index (χ3v) is 5.95. The number of thioether (sulfide) groups is 1. The van der Waals surface area contributed by atoms with Gasteiger partial charge >= 0.3 is 0 Å². The van der Waals surface area contributed by atoms with Gasteiger partial charge in [-0.25, -0.2) is 0 Å². The molecule has 0 aromatic rings. The predicted molar refractivity (Wildman–Crippen MR) is 103 cm³/mol. The highest BCUT2D eigenvalue weighted by atomic mass is 32.2. The van der Waals surface area contributed by atoms with Crippen molar-refractivity contribution in [3.8, 4) is 0 Å². The number of hydrogen-bond acceptors (Lipinski definition) is 2. The molecule has 0 N–H and O–H groups in total. The molecular formula is C20H35NOS. The summed E-state index contributed by atoms with van der Waals surface area (Å²) in [6.45, 7) is 21.8. The van der Waals surface area contributed by atoms with Crippen molar-refractivity contribution < 1.29 is 4.79 Å². The summed E-state index contributed by atoms with van der Waals surface area (Å²) in [5.41, 5.74) is 2.23. The fourth-order valence-corrected chi connectivity index (χ4v) is 4.72. The first-order valence-electron chi connectivity index (χ1n) is 9.00. The van der Waals surface area contributed by atoms with E-state index in [-0.39, 0.29) is 17.9 Å². The van der Waals surface area contributed by atoms with Gasteiger partial charge in [-0.2, -0.15) is 0 Å². The van der Waals surface area contributed by atoms with E-state index >= 15 is 0 Å². The average Bonchev–Trinajstić information content (AvgIpc) is 2.52. The molecule has 1 heterocycles. The second-order valence-corrected chi connectivity index (χ2v) is 9.10. The van der Waals surface area contributed by atoms with E-state index in [9.17, 15) is 4.79 Å². The molecule has 0 aromatic heterocycles. The van der Waals surface area contributed by atoms with Crippen molar-refractivity contribution in [2.75, 3.05) is 0 Å². The van der Waals surface area contributed by atoms with Crippen molar-refractivity contribution >= 4 is 17.7 Å². The maximum Gasteiger partial charge on any atom is 0.255 e. The smallest absolute Gasteiger partial charge is 0.255 e. The highest BCUT2D eigenvalue weighted by Crippen LogP contribution is 2.46. The van der Waals surface area contributed by atoms with Crippen LogP contribution in [0.1, 0.15) is 69.2 Å². The molecule has 0 saturated carbocycles. The van der Waals surface area contributed by atoms with Crippen LogP contribution in [0.15, 0.2) is 21.1 Å². The van der Waals surface area contributed by atoms with E-state index in [1.54, 1.807) is 0 Å². The Hall–Kier alpha value is -0.700. The fourth-order valence-electron chi connectivity index (χ4n) is 3.14. The lowest BCUT2D eigenvalue weighted by atomic mass is 9.95. The van der Waals surface area contributed by atoms with E-state index in [1.165, 1.54) is 15.5 Å². The molecule has 1 rings (SSSR count). The van der Waals surface area contributed by atoms with Gasteiger partial charge in [0.2, 0.25) is 0 Å². The Morgan fingerprint density at radius 3 is 1.48 bits per heavy atom. The molecule has 0 aromatic carbocycles. The summed E-state index contributed by atoms with van der Waals surface area (Å²) in [5.74, 6) is 1.59. The Labute approximate surface area is 147 Å². The Morgan fingerprint density at radius 2 is 1.17 bits per heavy atom. The van der Waals surface area contributed by atoms with E-state index in [0.717, 1.165) is 5.57 Å². The number of carbonyl (C=O) groups is 1. The molecule has 2 nitrogen and oxygen atoms in total. The molecule has 0 radical (unpaired) electrons. The van der Waals surface area contributed by atoms with Crippen LogP contribution >= 0.6 is 11.8 Å². The number of rotatable bonds is 5. The van der Waals surface area contributed by atoms with Crippen LogP contribution in [0.3, 0.4) is 0 Å². The number of hydrogen-bond donors (Lipinski definition) is 0. The predicted octanol–water partition coefficient (Wildman–Crippen LogP) is 6.06. The van der Waals surface area contributed by atoms with E-state index in [4.69, 9.17) is 0 Å². The van der Waals surface area contributed by atoms with Crippen LogP contribution in [0, 0.1) is 23.7 Å². The standard InChI is InChI=1S/C20H35NOS/c1-11(2)16-18(13(5)6)23-19(14(7)8)17(12(3)4)21(15(9)10)20(16)22/h11-15H,1-10H3. The Kier molecular flexibility index (Phi) is 7.00. The third-order valence-electron chi connectivity index (χ3n) is 4.14. The van der Waals surface area contributed by atoms with Gasteiger partial charge in [0.1, 0.15) is 0 Å². The molecule has 1 aliphatic rings. The van der Waals surface area contributed by atoms with E-state index < -0.39 is 0 Å². The Balaban J connectivity index is 3.73. The summed E-state index contributed by atoms with van der Waals surface area (Å²) in [5, 5.41) is 0. The average molecular weight is 338 g/mol. The molecule has 1 aliphatic heterocycles. The number of amides is 1. The van der Waals surface area contributed by atoms with Crippen LogP contribution in [0.25, 0.3) is 0 Å². The fraction of sp³-hybridized carbons (Fsp3) is 0.750. The van der Waals surface area contributed by atoms with Gasteiger partial charge in [0.05, 0.1) is 0 Å². The lowest BCUT2D eigenvalue weighted by molar-refractivity contribution is -0.127. The third kappa shape index (κ3) is 4.23. The van der Waals surface area contributed by atoms with Crippen LogP contribution in [0.4, 0.5) is 0 Å². The van der Waals surface area contributed by atoms with E-state index in [1.807, 2.05) is 11.8 Å². The molecule has 23 heavy (non-hydrogen) atoms.